The van der Waals surface area contributed by atoms with Crippen LogP contribution in [0, 0.1) is 5.82 Å². The van der Waals surface area contributed by atoms with E-state index in [4.69, 9.17) is 0 Å². The van der Waals surface area contributed by atoms with Crippen molar-refractivity contribution in [3.63, 3.8) is 0 Å². The zero-order valence-corrected chi connectivity index (χ0v) is 14.3. The van der Waals surface area contributed by atoms with Gasteiger partial charge < -0.3 is 10.2 Å². The van der Waals surface area contributed by atoms with Crippen molar-refractivity contribution >= 4 is 29.1 Å². The molecule has 6 heteroatoms. The molecule has 1 aromatic carbocycles. The molecule has 0 radical (unpaired) electrons. The number of carbonyl (C=O) groups is 1. The predicted molar refractivity (Wildman–Crippen MR) is 94.3 cm³/mol. The van der Waals surface area contributed by atoms with Gasteiger partial charge in [-0.05, 0) is 23.9 Å². The first-order valence-electron chi connectivity index (χ1n) is 7.65. The Morgan fingerprint density at radius 3 is 2.91 bits per heavy atom. The third kappa shape index (κ3) is 4.26. The number of rotatable bonds is 3. The van der Waals surface area contributed by atoms with E-state index >= 15 is 0 Å². The van der Waals surface area contributed by atoms with Crippen molar-refractivity contribution in [3.05, 3.63) is 58.0 Å². The van der Waals surface area contributed by atoms with Gasteiger partial charge in [-0.3, -0.25) is 0 Å². The second-order valence-corrected chi connectivity index (χ2v) is 7.74. The summed E-state index contributed by atoms with van der Waals surface area (Å²) >= 11 is 3.36. The van der Waals surface area contributed by atoms with Gasteiger partial charge in [-0.25, -0.2) is 9.18 Å². The van der Waals surface area contributed by atoms with Crippen LogP contribution in [0.1, 0.15) is 22.1 Å². The minimum atomic E-state index is -0.152. The van der Waals surface area contributed by atoms with Gasteiger partial charge in [-0.2, -0.15) is 11.8 Å². The van der Waals surface area contributed by atoms with Crippen molar-refractivity contribution in [2.45, 2.75) is 18.2 Å². The van der Waals surface area contributed by atoms with Crippen LogP contribution >= 0.6 is 23.1 Å². The number of hydrogen-bond donors (Lipinski definition) is 1. The van der Waals surface area contributed by atoms with Gasteiger partial charge in [0, 0.05) is 34.5 Å². The van der Waals surface area contributed by atoms with Crippen molar-refractivity contribution in [1.82, 2.24) is 10.2 Å². The van der Waals surface area contributed by atoms with Gasteiger partial charge in [0.05, 0.1) is 6.54 Å². The van der Waals surface area contributed by atoms with Gasteiger partial charge in [-0.15, -0.1) is 11.3 Å². The molecule has 3 nitrogen and oxygen atoms in total. The quantitative estimate of drug-likeness (QED) is 0.896. The van der Waals surface area contributed by atoms with Crippen molar-refractivity contribution in [1.29, 1.82) is 0 Å². The van der Waals surface area contributed by atoms with Crippen molar-refractivity contribution in [2.24, 2.45) is 0 Å². The van der Waals surface area contributed by atoms with Crippen LogP contribution in [-0.4, -0.2) is 29.8 Å². The Morgan fingerprint density at radius 1 is 1.26 bits per heavy atom. The average Bonchev–Trinajstić information content (AvgIpc) is 2.96. The molecule has 1 atom stereocenters. The fourth-order valence-corrected chi connectivity index (χ4v) is 4.54. The van der Waals surface area contributed by atoms with Crippen molar-refractivity contribution in [3.8, 4) is 0 Å². The number of amides is 2. The van der Waals surface area contributed by atoms with E-state index in [2.05, 4.69) is 5.32 Å². The Kier molecular flexibility index (Phi) is 5.56. The van der Waals surface area contributed by atoms with Gasteiger partial charge >= 0.3 is 6.03 Å². The number of hydrogen-bond acceptors (Lipinski definition) is 3. The molecule has 1 aliphatic rings. The average molecular weight is 350 g/mol. The van der Waals surface area contributed by atoms with Crippen LogP contribution in [0.4, 0.5) is 9.18 Å². The van der Waals surface area contributed by atoms with E-state index in [1.54, 1.807) is 29.2 Å². The van der Waals surface area contributed by atoms with Gasteiger partial charge in [0.15, 0.2) is 0 Å². The Labute approximate surface area is 143 Å². The molecule has 1 unspecified atom stereocenters. The maximum Gasteiger partial charge on any atom is 0.317 e. The summed E-state index contributed by atoms with van der Waals surface area (Å²) in [5.74, 6) is 0.673. The van der Waals surface area contributed by atoms with E-state index in [-0.39, 0.29) is 17.1 Å². The molecule has 2 aromatic rings. The normalized spacial score (nSPS) is 18.5. The molecule has 1 aromatic heterocycles. The molecule has 1 saturated heterocycles. The van der Waals surface area contributed by atoms with Gasteiger partial charge in [-0.1, -0.05) is 24.3 Å². The standard InChI is InChI=1S/C17H19FN2OS2/c18-15-6-2-1-5-14(15)16-7-8-20(9-11-23-16)17(21)19-12-13-4-3-10-22-13/h1-6,10,16H,7-9,11-12H2,(H,19,21). The minimum absolute atomic E-state index is 0.0341. The summed E-state index contributed by atoms with van der Waals surface area (Å²) in [6.45, 7) is 1.92. The smallest absolute Gasteiger partial charge is 0.317 e. The largest absolute Gasteiger partial charge is 0.333 e. The van der Waals surface area contributed by atoms with Crippen LogP contribution in [0.25, 0.3) is 0 Å². The number of thiophene rings is 1. The number of thioether (sulfide) groups is 1. The molecule has 0 spiro atoms. The molecule has 0 aliphatic carbocycles. The molecule has 0 saturated carbocycles. The van der Waals surface area contributed by atoms with Gasteiger partial charge in [0.2, 0.25) is 0 Å². The highest BCUT2D eigenvalue weighted by Gasteiger charge is 2.23. The lowest BCUT2D eigenvalue weighted by Gasteiger charge is -2.20. The maximum absolute atomic E-state index is 13.9. The van der Waals surface area contributed by atoms with Gasteiger partial charge in [0.1, 0.15) is 5.82 Å². The summed E-state index contributed by atoms with van der Waals surface area (Å²) in [5.41, 5.74) is 0.748. The third-order valence-electron chi connectivity index (χ3n) is 3.87. The molecule has 2 amide bonds. The highest BCUT2D eigenvalue weighted by atomic mass is 32.2. The number of benzene rings is 1. The fraction of sp³-hybridized carbons (Fsp3) is 0.353. The lowest BCUT2D eigenvalue weighted by atomic mass is 10.1. The minimum Gasteiger partial charge on any atom is -0.333 e. The van der Waals surface area contributed by atoms with Crippen molar-refractivity contribution < 1.29 is 9.18 Å². The summed E-state index contributed by atoms with van der Waals surface area (Å²) in [6, 6.07) is 10.9. The molecule has 23 heavy (non-hydrogen) atoms. The molecule has 122 valence electrons. The summed E-state index contributed by atoms with van der Waals surface area (Å²) in [4.78, 5) is 15.3. The van der Waals surface area contributed by atoms with Crippen LogP contribution < -0.4 is 5.32 Å². The second-order valence-electron chi connectivity index (χ2n) is 5.39. The summed E-state index contributed by atoms with van der Waals surface area (Å²) < 4.78 is 13.9. The third-order valence-corrected chi connectivity index (χ3v) is 6.06. The molecule has 2 heterocycles. The summed E-state index contributed by atoms with van der Waals surface area (Å²) in [7, 11) is 0. The fourth-order valence-electron chi connectivity index (χ4n) is 2.65. The first kappa shape index (κ1) is 16.3. The number of urea groups is 1. The zero-order valence-electron chi connectivity index (χ0n) is 12.7. The number of nitrogens with zero attached hydrogens (tertiary/aromatic N) is 1. The lowest BCUT2D eigenvalue weighted by molar-refractivity contribution is 0.201. The Hall–Kier alpha value is -1.53. The van der Waals surface area contributed by atoms with E-state index < -0.39 is 0 Å². The SMILES string of the molecule is O=C(NCc1cccs1)N1CCSC(c2ccccc2F)CC1. The number of halogens is 1. The predicted octanol–water partition coefficient (Wildman–Crippen LogP) is 4.28. The maximum atomic E-state index is 13.9. The van der Waals surface area contributed by atoms with E-state index in [1.807, 2.05) is 34.5 Å². The number of nitrogens with one attached hydrogen (secondary N) is 1. The highest BCUT2D eigenvalue weighted by molar-refractivity contribution is 7.99. The first-order chi connectivity index (χ1) is 11.2. The van der Waals surface area contributed by atoms with E-state index in [0.29, 0.717) is 19.6 Å². The Balaban J connectivity index is 1.55. The Bertz CT molecular complexity index is 648. The number of carbonyl (C=O) groups excluding carboxylic acids is 1. The van der Waals surface area contributed by atoms with Crippen LogP contribution in [-0.2, 0) is 6.54 Å². The van der Waals surface area contributed by atoms with Gasteiger partial charge in [0.25, 0.3) is 0 Å². The van der Waals surface area contributed by atoms with Crippen LogP contribution in [0.15, 0.2) is 41.8 Å². The van der Waals surface area contributed by atoms with Crippen LogP contribution in [0.3, 0.4) is 0 Å². The first-order valence-corrected chi connectivity index (χ1v) is 9.58. The Morgan fingerprint density at radius 2 is 2.13 bits per heavy atom. The van der Waals surface area contributed by atoms with E-state index in [9.17, 15) is 9.18 Å². The summed E-state index contributed by atoms with van der Waals surface area (Å²) in [5, 5.41) is 5.08. The molecule has 0 bridgehead atoms. The monoisotopic (exact) mass is 350 g/mol. The molecule has 1 aliphatic heterocycles. The van der Waals surface area contributed by atoms with Crippen molar-refractivity contribution in [2.75, 3.05) is 18.8 Å². The molecule has 3 rings (SSSR count). The molecule has 1 fully saturated rings. The van der Waals surface area contributed by atoms with Crippen LogP contribution in [0.5, 0.6) is 0 Å². The molecular formula is C17H19FN2OS2. The van der Waals surface area contributed by atoms with E-state index in [0.717, 1.165) is 22.6 Å². The molecular weight excluding hydrogens is 331 g/mol. The highest BCUT2D eigenvalue weighted by Crippen LogP contribution is 2.35. The topological polar surface area (TPSA) is 32.3 Å². The zero-order chi connectivity index (χ0) is 16.1. The molecule has 1 N–H and O–H groups in total. The summed E-state index contributed by atoms with van der Waals surface area (Å²) in [6.07, 6.45) is 0.776. The van der Waals surface area contributed by atoms with E-state index in [1.165, 1.54) is 6.07 Å². The second kappa shape index (κ2) is 7.84. The lowest BCUT2D eigenvalue weighted by Crippen LogP contribution is -2.40. The van der Waals surface area contributed by atoms with Crippen LogP contribution in [0.2, 0.25) is 0 Å².